The van der Waals surface area contributed by atoms with Gasteiger partial charge in [0.25, 0.3) is 0 Å². The summed E-state index contributed by atoms with van der Waals surface area (Å²) in [7, 11) is 0. The molecule has 0 aromatic heterocycles. The van der Waals surface area contributed by atoms with Gasteiger partial charge in [-0.2, -0.15) is 0 Å². The molecule has 0 fully saturated rings. The third-order valence-corrected chi connectivity index (χ3v) is 2.63. The maximum absolute atomic E-state index is 11.2. The molecule has 0 radical (unpaired) electrons. The standard InChI is InChI=1S/C14H26O4/c1-2-3-4-5-6-7-8-9-10-14(17)18-12-13(16)11-15/h2-3,13,15-16H,4-12H2,1H3/b3-2+/t13-/m0/s1. The Morgan fingerprint density at radius 1 is 1.22 bits per heavy atom. The number of hydrogen-bond donors (Lipinski definition) is 2. The molecule has 0 spiro atoms. The molecule has 0 aliphatic heterocycles. The Labute approximate surface area is 110 Å². The summed E-state index contributed by atoms with van der Waals surface area (Å²) < 4.78 is 4.80. The Bertz CT molecular complexity index is 226. The van der Waals surface area contributed by atoms with Crippen LogP contribution in [0.1, 0.15) is 51.9 Å². The van der Waals surface area contributed by atoms with Gasteiger partial charge in [-0.05, 0) is 26.2 Å². The summed E-state index contributed by atoms with van der Waals surface area (Å²) in [5.74, 6) is -0.295. The van der Waals surface area contributed by atoms with Gasteiger partial charge in [0.15, 0.2) is 0 Å². The number of hydrogen-bond acceptors (Lipinski definition) is 4. The minimum Gasteiger partial charge on any atom is -0.463 e. The van der Waals surface area contributed by atoms with Crippen LogP contribution in [-0.4, -0.2) is 35.5 Å². The molecule has 0 unspecified atom stereocenters. The molecule has 0 aromatic carbocycles. The largest absolute Gasteiger partial charge is 0.463 e. The van der Waals surface area contributed by atoms with E-state index in [-0.39, 0.29) is 19.2 Å². The fraction of sp³-hybridized carbons (Fsp3) is 0.786. The highest BCUT2D eigenvalue weighted by atomic mass is 16.5. The molecule has 0 saturated heterocycles. The van der Waals surface area contributed by atoms with Crippen molar-refractivity contribution in [3.05, 3.63) is 12.2 Å². The Morgan fingerprint density at radius 2 is 1.89 bits per heavy atom. The summed E-state index contributed by atoms with van der Waals surface area (Å²) in [5, 5.41) is 17.5. The summed E-state index contributed by atoms with van der Waals surface area (Å²) in [6, 6.07) is 0. The van der Waals surface area contributed by atoms with Crippen LogP contribution in [-0.2, 0) is 9.53 Å². The van der Waals surface area contributed by atoms with Crippen molar-refractivity contribution >= 4 is 5.97 Å². The molecule has 0 heterocycles. The topological polar surface area (TPSA) is 66.8 Å². The molecular formula is C14H26O4. The van der Waals surface area contributed by atoms with Crippen LogP contribution in [0.25, 0.3) is 0 Å². The van der Waals surface area contributed by atoms with Crippen molar-refractivity contribution in [1.82, 2.24) is 0 Å². The maximum atomic E-state index is 11.2. The van der Waals surface area contributed by atoms with Crippen molar-refractivity contribution in [2.75, 3.05) is 13.2 Å². The van der Waals surface area contributed by atoms with E-state index in [2.05, 4.69) is 12.2 Å². The summed E-state index contributed by atoms with van der Waals surface area (Å²) >= 11 is 0. The lowest BCUT2D eigenvalue weighted by atomic mass is 10.1. The van der Waals surface area contributed by atoms with Gasteiger partial charge in [-0.1, -0.05) is 31.4 Å². The van der Waals surface area contributed by atoms with Gasteiger partial charge in [0.2, 0.25) is 0 Å². The van der Waals surface area contributed by atoms with Crippen LogP contribution < -0.4 is 0 Å². The first-order chi connectivity index (χ1) is 8.70. The van der Waals surface area contributed by atoms with E-state index < -0.39 is 6.10 Å². The summed E-state index contributed by atoms with van der Waals surface area (Å²) in [6.45, 7) is 1.54. The highest BCUT2D eigenvalue weighted by molar-refractivity contribution is 5.69. The van der Waals surface area contributed by atoms with Crippen LogP contribution in [0.15, 0.2) is 12.2 Å². The first-order valence-electron chi connectivity index (χ1n) is 6.76. The molecule has 0 aliphatic carbocycles. The molecule has 106 valence electrons. The van der Waals surface area contributed by atoms with E-state index in [0.717, 1.165) is 25.7 Å². The van der Waals surface area contributed by atoms with Gasteiger partial charge < -0.3 is 14.9 Å². The van der Waals surface area contributed by atoms with Crippen molar-refractivity contribution in [3.63, 3.8) is 0 Å². The van der Waals surface area contributed by atoms with E-state index in [1.807, 2.05) is 6.92 Å². The van der Waals surface area contributed by atoms with Gasteiger partial charge in [-0.15, -0.1) is 0 Å². The molecule has 1 atom stereocenters. The first-order valence-corrected chi connectivity index (χ1v) is 6.76. The Balaban J connectivity index is 3.25. The van der Waals surface area contributed by atoms with Crippen molar-refractivity contribution < 1.29 is 19.7 Å². The minimum atomic E-state index is -0.958. The number of aliphatic hydroxyl groups is 2. The number of allylic oxidation sites excluding steroid dienone is 2. The number of unbranched alkanes of at least 4 members (excludes halogenated alkanes) is 5. The third-order valence-electron chi connectivity index (χ3n) is 2.63. The second-order valence-corrected chi connectivity index (χ2v) is 4.39. The van der Waals surface area contributed by atoms with Gasteiger partial charge in [0, 0.05) is 6.42 Å². The second kappa shape index (κ2) is 12.6. The molecule has 0 amide bonds. The number of aliphatic hydroxyl groups excluding tert-OH is 2. The lowest BCUT2D eigenvalue weighted by Gasteiger charge is -2.08. The smallest absolute Gasteiger partial charge is 0.305 e. The number of carbonyl (C=O) groups is 1. The molecule has 0 aromatic rings. The summed E-state index contributed by atoms with van der Waals surface area (Å²) in [6.07, 6.45) is 10.2. The zero-order chi connectivity index (χ0) is 13.6. The summed E-state index contributed by atoms with van der Waals surface area (Å²) in [4.78, 5) is 11.2. The average Bonchev–Trinajstić information content (AvgIpc) is 2.39. The van der Waals surface area contributed by atoms with Crippen molar-refractivity contribution in [3.8, 4) is 0 Å². The molecule has 0 bridgehead atoms. The van der Waals surface area contributed by atoms with Gasteiger partial charge >= 0.3 is 5.97 Å². The predicted molar refractivity (Wildman–Crippen MR) is 71.2 cm³/mol. The van der Waals surface area contributed by atoms with Gasteiger partial charge in [-0.3, -0.25) is 4.79 Å². The SMILES string of the molecule is C/C=C/CCCCCCCC(=O)OC[C@@H](O)CO. The molecule has 2 N–H and O–H groups in total. The number of carbonyl (C=O) groups excluding carboxylic acids is 1. The van der Waals surface area contributed by atoms with Crippen molar-refractivity contribution in [2.24, 2.45) is 0 Å². The van der Waals surface area contributed by atoms with Gasteiger partial charge in [0.1, 0.15) is 12.7 Å². The quantitative estimate of drug-likeness (QED) is 0.339. The molecule has 0 rings (SSSR count). The lowest BCUT2D eigenvalue weighted by Crippen LogP contribution is -2.21. The van der Waals surface area contributed by atoms with E-state index in [0.29, 0.717) is 6.42 Å². The highest BCUT2D eigenvalue weighted by Crippen LogP contribution is 2.08. The van der Waals surface area contributed by atoms with Crippen molar-refractivity contribution in [2.45, 2.75) is 58.0 Å². The first kappa shape index (κ1) is 17.1. The normalized spacial score (nSPS) is 12.8. The predicted octanol–water partition coefficient (Wildman–Crippen LogP) is 2.19. The molecule has 4 heteroatoms. The van der Waals surface area contributed by atoms with Gasteiger partial charge in [0.05, 0.1) is 6.61 Å². The number of ether oxygens (including phenoxy) is 1. The molecule has 0 aliphatic rings. The van der Waals surface area contributed by atoms with Crippen LogP contribution in [0.5, 0.6) is 0 Å². The fourth-order valence-corrected chi connectivity index (χ4v) is 1.54. The Kier molecular flexibility index (Phi) is 12.0. The number of rotatable bonds is 11. The van der Waals surface area contributed by atoms with Crippen LogP contribution >= 0.6 is 0 Å². The Hall–Kier alpha value is -0.870. The third kappa shape index (κ3) is 11.6. The maximum Gasteiger partial charge on any atom is 0.305 e. The zero-order valence-electron chi connectivity index (χ0n) is 11.3. The van der Waals surface area contributed by atoms with E-state index in [4.69, 9.17) is 14.9 Å². The van der Waals surface area contributed by atoms with E-state index in [1.54, 1.807) is 0 Å². The monoisotopic (exact) mass is 258 g/mol. The molecule has 18 heavy (non-hydrogen) atoms. The van der Waals surface area contributed by atoms with E-state index >= 15 is 0 Å². The van der Waals surface area contributed by atoms with Crippen molar-refractivity contribution in [1.29, 1.82) is 0 Å². The Morgan fingerprint density at radius 3 is 2.56 bits per heavy atom. The molecule has 4 nitrogen and oxygen atoms in total. The van der Waals surface area contributed by atoms with E-state index in [1.165, 1.54) is 12.8 Å². The van der Waals surface area contributed by atoms with Gasteiger partial charge in [-0.25, -0.2) is 0 Å². The van der Waals surface area contributed by atoms with Crippen LogP contribution in [0, 0.1) is 0 Å². The van der Waals surface area contributed by atoms with E-state index in [9.17, 15) is 4.79 Å². The molecular weight excluding hydrogens is 232 g/mol. The highest BCUT2D eigenvalue weighted by Gasteiger charge is 2.07. The van der Waals surface area contributed by atoms with Crippen LogP contribution in [0.3, 0.4) is 0 Å². The average molecular weight is 258 g/mol. The lowest BCUT2D eigenvalue weighted by molar-refractivity contribution is -0.147. The van der Waals surface area contributed by atoms with Crippen LogP contribution in [0.2, 0.25) is 0 Å². The molecule has 0 saturated carbocycles. The number of esters is 1. The summed E-state index contributed by atoms with van der Waals surface area (Å²) in [5.41, 5.74) is 0. The zero-order valence-corrected chi connectivity index (χ0v) is 11.3. The second-order valence-electron chi connectivity index (χ2n) is 4.39. The fourth-order valence-electron chi connectivity index (χ4n) is 1.54. The van der Waals surface area contributed by atoms with Crippen LogP contribution in [0.4, 0.5) is 0 Å². The minimum absolute atomic E-state index is 0.112.